The van der Waals surface area contributed by atoms with Crippen LogP contribution in [0.15, 0.2) is 0 Å². The first kappa shape index (κ1) is 15.9. The van der Waals surface area contributed by atoms with Crippen molar-refractivity contribution in [3.63, 3.8) is 0 Å². The summed E-state index contributed by atoms with van der Waals surface area (Å²) in [6.07, 6.45) is -0.751. The molecule has 0 bridgehead atoms. The number of alkyl carbamates (subject to hydrolysis) is 1. The van der Waals surface area contributed by atoms with E-state index in [2.05, 4.69) is 10.1 Å². The van der Waals surface area contributed by atoms with Gasteiger partial charge in [0.25, 0.3) is 0 Å². The minimum absolute atomic E-state index is 0.0420. The van der Waals surface area contributed by atoms with Gasteiger partial charge in [-0.1, -0.05) is 34.6 Å². The van der Waals surface area contributed by atoms with Gasteiger partial charge in [0, 0.05) is 5.41 Å². The van der Waals surface area contributed by atoms with Crippen LogP contribution in [0.3, 0.4) is 0 Å². The molecule has 1 N–H and O–H groups in total. The van der Waals surface area contributed by atoms with Crippen molar-refractivity contribution in [2.45, 2.75) is 40.7 Å². The Bertz CT molecular complexity index is 271. The van der Waals surface area contributed by atoms with Crippen LogP contribution in [0.2, 0.25) is 0 Å². The van der Waals surface area contributed by atoms with Crippen molar-refractivity contribution in [1.29, 1.82) is 0 Å². The van der Waals surface area contributed by atoms with E-state index >= 15 is 0 Å². The van der Waals surface area contributed by atoms with E-state index in [1.54, 1.807) is 20.8 Å². The van der Waals surface area contributed by atoms with E-state index in [1.165, 1.54) is 0 Å². The minimum atomic E-state index is -0.751. The van der Waals surface area contributed by atoms with Gasteiger partial charge in [-0.15, -0.1) is 0 Å². The molecule has 1 atom stereocenters. The van der Waals surface area contributed by atoms with E-state index in [4.69, 9.17) is 0 Å². The highest BCUT2D eigenvalue weighted by molar-refractivity contribution is 5.91. The predicted molar refractivity (Wildman–Crippen MR) is 63.5 cm³/mol. The van der Waals surface area contributed by atoms with Gasteiger partial charge < -0.3 is 10.1 Å². The van der Waals surface area contributed by atoms with E-state index in [0.29, 0.717) is 0 Å². The van der Waals surface area contributed by atoms with Crippen LogP contribution in [0.25, 0.3) is 0 Å². The third-order valence-corrected chi connectivity index (χ3v) is 2.27. The maximum Gasteiger partial charge on any atom is 0.407 e. The lowest BCUT2D eigenvalue weighted by Gasteiger charge is -2.27. The van der Waals surface area contributed by atoms with Crippen molar-refractivity contribution in [2.24, 2.45) is 11.3 Å². The number of Topliss-reactive ketones (excluding diaryl/α,β-unsaturated/α-hetero) is 1. The topological polar surface area (TPSA) is 55.4 Å². The van der Waals surface area contributed by atoms with Gasteiger partial charge in [-0.05, 0) is 5.92 Å². The van der Waals surface area contributed by atoms with Crippen LogP contribution in [0, 0.1) is 11.3 Å². The molecule has 0 aliphatic rings. The lowest BCUT2D eigenvalue weighted by atomic mass is 9.82. The monoisotopic (exact) mass is 247 g/mol. The van der Waals surface area contributed by atoms with Crippen LogP contribution in [0.4, 0.5) is 9.18 Å². The molecule has 0 radical (unpaired) electrons. The molecule has 0 fully saturated rings. The van der Waals surface area contributed by atoms with E-state index in [-0.39, 0.29) is 18.3 Å². The van der Waals surface area contributed by atoms with Gasteiger partial charge in [-0.3, -0.25) is 4.79 Å². The predicted octanol–water partition coefficient (Wildman–Crippen LogP) is 2.32. The molecule has 4 nitrogen and oxygen atoms in total. The molecule has 0 saturated carbocycles. The van der Waals surface area contributed by atoms with Crippen molar-refractivity contribution in [2.75, 3.05) is 13.3 Å². The van der Waals surface area contributed by atoms with Crippen molar-refractivity contribution in [1.82, 2.24) is 5.32 Å². The molecule has 0 aromatic rings. The number of carbonyl (C=O) groups excluding carboxylic acids is 2. The average Bonchev–Trinajstić information content (AvgIpc) is 2.20. The molecular weight excluding hydrogens is 225 g/mol. The average molecular weight is 247 g/mol. The Kier molecular flexibility index (Phi) is 6.13. The van der Waals surface area contributed by atoms with Crippen molar-refractivity contribution in [3.8, 4) is 0 Å². The molecule has 0 rings (SSSR count). The fraction of sp³-hybridized carbons (Fsp3) is 0.833. The first-order chi connectivity index (χ1) is 7.70. The molecule has 0 aromatic carbocycles. The highest BCUT2D eigenvalue weighted by atomic mass is 19.1. The van der Waals surface area contributed by atoms with Gasteiger partial charge in [0.2, 0.25) is 0 Å². The zero-order valence-electron chi connectivity index (χ0n) is 11.2. The van der Waals surface area contributed by atoms with Gasteiger partial charge in [0.1, 0.15) is 13.3 Å². The Morgan fingerprint density at radius 2 is 1.82 bits per heavy atom. The Morgan fingerprint density at radius 1 is 1.29 bits per heavy atom. The number of nitrogens with one attached hydrogen (secondary N) is 1. The molecule has 0 aliphatic heterocycles. The molecule has 5 heteroatoms. The number of hydrogen-bond acceptors (Lipinski definition) is 3. The Morgan fingerprint density at radius 3 is 2.18 bits per heavy atom. The molecule has 0 aromatic heterocycles. The summed E-state index contributed by atoms with van der Waals surface area (Å²) in [6, 6.07) is -0.609. The summed E-state index contributed by atoms with van der Waals surface area (Å²) in [5.74, 6) is -0.107. The number of halogens is 1. The second-order valence-corrected chi connectivity index (χ2v) is 5.31. The number of hydrogen-bond donors (Lipinski definition) is 1. The second kappa shape index (κ2) is 6.57. The maximum absolute atomic E-state index is 12.1. The number of rotatable bonds is 5. The molecule has 0 saturated heterocycles. The van der Waals surface area contributed by atoms with E-state index in [1.807, 2.05) is 13.8 Å². The van der Waals surface area contributed by atoms with E-state index < -0.39 is 24.2 Å². The fourth-order valence-corrected chi connectivity index (χ4v) is 1.30. The number of ether oxygens (including phenoxy) is 1. The molecule has 17 heavy (non-hydrogen) atoms. The molecular formula is C12H22FNO3. The largest absolute Gasteiger partial charge is 0.447 e. The summed E-state index contributed by atoms with van der Waals surface area (Å²) in [6.45, 7) is 8.03. The molecule has 1 amide bonds. The molecule has 0 unspecified atom stereocenters. The van der Waals surface area contributed by atoms with Gasteiger partial charge in [-0.2, -0.15) is 0 Å². The molecule has 100 valence electrons. The van der Waals surface area contributed by atoms with Crippen LogP contribution in [0.1, 0.15) is 34.6 Å². The maximum atomic E-state index is 12.1. The summed E-state index contributed by atoms with van der Waals surface area (Å²) in [7, 11) is 0. The van der Waals surface area contributed by atoms with Gasteiger partial charge >= 0.3 is 6.09 Å². The van der Waals surface area contributed by atoms with Gasteiger partial charge in [0.15, 0.2) is 5.78 Å². The third-order valence-electron chi connectivity index (χ3n) is 2.27. The Hall–Kier alpha value is -1.13. The van der Waals surface area contributed by atoms with Gasteiger partial charge in [0.05, 0.1) is 6.04 Å². The normalized spacial score (nSPS) is 13.4. The first-order valence-electron chi connectivity index (χ1n) is 5.73. The quantitative estimate of drug-likeness (QED) is 0.811. The standard InChI is InChI=1S/C12H22FNO3/c1-8(2)9(10(15)12(3,4)5)14-11(16)17-7-6-13/h8-9H,6-7H2,1-5H3,(H,14,16)/t9-/m0/s1. The van der Waals surface area contributed by atoms with Crippen LogP contribution < -0.4 is 5.32 Å². The lowest BCUT2D eigenvalue weighted by molar-refractivity contribution is -0.129. The molecule has 0 aliphatic carbocycles. The summed E-state index contributed by atoms with van der Waals surface area (Å²) in [4.78, 5) is 23.4. The zero-order valence-corrected chi connectivity index (χ0v) is 11.2. The Labute approximate surface area is 102 Å². The smallest absolute Gasteiger partial charge is 0.407 e. The fourth-order valence-electron chi connectivity index (χ4n) is 1.30. The summed E-state index contributed by atoms with van der Waals surface area (Å²) in [5, 5.41) is 2.48. The van der Waals surface area contributed by atoms with Crippen LogP contribution in [0.5, 0.6) is 0 Å². The SMILES string of the molecule is CC(C)[C@H](NC(=O)OCCF)C(=O)C(C)(C)C. The van der Waals surface area contributed by atoms with E-state index in [0.717, 1.165) is 0 Å². The summed E-state index contributed by atoms with van der Waals surface area (Å²) < 4.78 is 16.4. The molecule has 0 spiro atoms. The van der Waals surface area contributed by atoms with Crippen LogP contribution in [-0.2, 0) is 9.53 Å². The lowest BCUT2D eigenvalue weighted by Crippen LogP contribution is -2.48. The van der Waals surface area contributed by atoms with Crippen molar-refractivity contribution >= 4 is 11.9 Å². The van der Waals surface area contributed by atoms with Gasteiger partial charge in [-0.25, -0.2) is 9.18 Å². The number of alkyl halides is 1. The van der Waals surface area contributed by atoms with Crippen molar-refractivity contribution < 1.29 is 18.7 Å². The number of ketones is 1. The highest BCUT2D eigenvalue weighted by Crippen LogP contribution is 2.20. The zero-order chi connectivity index (χ0) is 13.6. The minimum Gasteiger partial charge on any atom is -0.447 e. The molecule has 0 heterocycles. The Balaban J connectivity index is 4.56. The van der Waals surface area contributed by atoms with Crippen molar-refractivity contribution in [3.05, 3.63) is 0 Å². The first-order valence-corrected chi connectivity index (χ1v) is 5.73. The third kappa shape index (κ3) is 5.65. The second-order valence-electron chi connectivity index (χ2n) is 5.31. The van der Waals surface area contributed by atoms with E-state index in [9.17, 15) is 14.0 Å². The number of amides is 1. The van der Waals surface area contributed by atoms with Crippen LogP contribution >= 0.6 is 0 Å². The summed E-state index contributed by atoms with van der Waals surface area (Å²) >= 11 is 0. The van der Waals surface area contributed by atoms with Crippen LogP contribution in [-0.4, -0.2) is 31.2 Å². The highest BCUT2D eigenvalue weighted by Gasteiger charge is 2.32. The number of carbonyl (C=O) groups is 2. The summed E-state index contributed by atoms with van der Waals surface area (Å²) in [5.41, 5.74) is -0.539.